The van der Waals surface area contributed by atoms with Crippen LogP contribution in [0.25, 0.3) is 0 Å². The van der Waals surface area contributed by atoms with Crippen LogP contribution >= 0.6 is 0 Å². The summed E-state index contributed by atoms with van der Waals surface area (Å²) in [4.78, 5) is 7.93. The van der Waals surface area contributed by atoms with Crippen molar-refractivity contribution < 1.29 is 18.3 Å². The first kappa shape index (κ1) is 13.5. The van der Waals surface area contributed by atoms with E-state index in [1.54, 1.807) is 6.92 Å². The van der Waals surface area contributed by atoms with Gasteiger partial charge in [0.2, 0.25) is 0 Å². The molecule has 1 atom stereocenters. The van der Waals surface area contributed by atoms with Crippen LogP contribution in [0.3, 0.4) is 0 Å². The molecule has 0 amide bonds. The number of aromatic nitrogens is 2. The molecule has 1 heterocycles. The highest BCUT2D eigenvalue weighted by molar-refractivity contribution is 5.30. The lowest BCUT2D eigenvalue weighted by atomic mass is 10.0. The molecule has 2 rings (SSSR count). The fourth-order valence-electron chi connectivity index (χ4n) is 1.65. The zero-order chi connectivity index (χ0) is 14.0. The average molecular weight is 268 g/mol. The number of nitrogens with zero attached hydrogens (tertiary/aromatic N) is 2. The van der Waals surface area contributed by atoms with Gasteiger partial charge in [-0.05, 0) is 30.7 Å². The van der Waals surface area contributed by atoms with Crippen molar-refractivity contribution in [3.05, 3.63) is 59.2 Å². The van der Waals surface area contributed by atoms with E-state index in [2.05, 4.69) is 9.97 Å². The summed E-state index contributed by atoms with van der Waals surface area (Å²) in [6.45, 7) is 1.67. The minimum absolute atomic E-state index is 0.353. The molecule has 2 aromatic rings. The second-order valence-corrected chi connectivity index (χ2v) is 4.05. The molecule has 19 heavy (non-hydrogen) atoms. The predicted octanol–water partition coefficient (Wildman–Crippen LogP) is 2.89. The van der Waals surface area contributed by atoms with Crippen molar-refractivity contribution in [1.82, 2.24) is 9.97 Å². The summed E-state index contributed by atoms with van der Waals surface area (Å²) in [5.41, 5.74) is -0.0410. The summed E-state index contributed by atoms with van der Waals surface area (Å²) in [7, 11) is 0. The third kappa shape index (κ3) is 3.08. The van der Waals surface area contributed by atoms with Gasteiger partial charge in [-0.15, -0.1) is 0 Å². The molecule has 0 spiro atoms. The van der Waals surface area contributed by atoms with Gasteiger partial charge in [0.25, 0.3) is 0 Å². The van der Waals surface area contributed by atoms with Crippen LogP contribution in [0.1, 0.15) is 28.7 Å². The van der Waals surface area contributed by atoms with Gasteiger partial charge in [0, 0.05) is 6.20 Å². The van der Waals surface area contributed by atoms with Crippen molar-refractivity contribution in [3.63, 3.8) is 0 Å². The number of rotatable bonds is 2. The maximum absolute atomic E-state index is 12.4. The molecule has 0 aliphatic rings. The Morgan fingerprint density at radius 3 is 2.26 bits per heavy atom. The van der Waals surface area contributed by atoms with Crippen molar-refractivity contribution in [2.75, 3.05) is 0 Å². The van der Waals surface area contributed by atoms with Crippen LogP contribution in [-0.2, 0) is 6.18 Å². The van der Waals surface area contributed by atoms with Crippen molar-refractivity contribution in [1.29, 1.82) is 0 Å². The molecule has 0 saturated heterocycles. The maximum Gasteiger partial charge on any atom is 0.416 e. The Hall–Kier alpha value is -1.95. The van der Waals surface area contributed by atoms with Gasteiger partial charge in [0.05, 0.1) is 11.3 Å². The van der Waals surface area contributed by atoms with Crippen LogP contribution < -0.4 is 0 Å². The van der Waals surface area contributed by atoms with E-state index in [4.69, 9.17) is 0 Å². The Bertz CT molecular complexity index is 567. The SMILES string of the molecule is Cc1nccc(C(O)c2ccc(C(F)(F)F)cc2)n1. The summed E-state index contributed by atoms with van der Waals surface area (Å²) < 4.78 is 37.2. The standard InChI is InChI=1S/C13H11F3N2O/c1-8-17-7-6-11(18-8)12(19)9-2-4-10(5-3-9)13(14,15)16/h2-7,12,19H,1H3. The number of halogens is 3. The van der Waals surface area contributed by atoms with E-state index in [1.807, 2.05) is 0 Å². The summed E-state index contributed by atoms with van der Waals surface area (Å²) in [6, 6.07) is 5.88. The zero-order valence-corrected chi connectivity index (χ0v) is 10.0. The highest BCUT2D eigenvalue weighted by Crippen LogP contribution is 2.30. The highest BCUT2D eigenvalue weighted by atomic mass is 19.4. The smallest absolute Gasteiger partial charge is 0.382 e. The van der Waals surface area contributed by atoms with Gasteiger partial charge in [-0.1, -0.05) is 12.1 Å². The van der Waals surface area contributed by atoms with E-state index in [-0.39, 0.29) is 0 Å². The Balaban J connectivity index is 2.27. The number of aryl methyl sites for hydroxylation is 1. The summed E-state index contributed by atoms with van der Waals surface area (Å²) in [5, 5.41) is 10.0. The summed E-state index contributed by atoms with van der Waals surface area (Å²) in [6.07, 6.45) is -3.95. The van der Waals surface area contributed by atoms with E-state index >= 15 is 0 Å². The molecule has 1 unspecified atom stereocenters. The molecule has 0 saturated carbocycles. The number of benzene rings is 1. The fraction of sp³-hybridized carbons (Fsp3) is 0.231. The number of aliphatic hydroxyl groups is 1. The number of hydrogen-bond donors (Lipinski definition) is 1. The van der Waals surface area contributed by atoms with Crippen LogP contribution in [0.15, 0.2) is 36.5 Å². The Morgan fingerprint density at radius 1 is 1.11 bits per heavy atom. The third-order valence-corrected chi connectivity index (χ3v) is 2.63. The van der Waals surface area contributed by atoms with Crippen molar-refractivity contribution in [2.24, 2.45) is 0 Å². The molecule has 0 aliphatic heterocycles. The lowest BCUT2D eigenvalue weighted by molar-refractivity contribution is -0.137. The second kappa shape index (κ2) is 4.97. The molecular weight excluding hydrogens is 257 g/mol. The lowest BCUT2D eigenvalue weighted by Gasteiger charge is -2.12. The molecule has 1 N–H and O–H groups in total. The summed E-state index contributed by atoms with van der Waals surface area (Å²) in [5.74, 6) is 0.489. The van der Waals surface area contributed by atoms with Gasteiger partial charge in [-0.3, -0.25) is 0 Å². The average Bonchev–Trinajstić information content (AvgIpc) is 2.37. The lowest BCUT2D eigenvalue weighted by Crippen LogP contribution is -2.07. The monoisotopic (exact) mass is 268 g/mol. The van der Waals surface area contributed by atoms with E-state index in [0.29, 0.717) is 17.1 Å². The van der Waals surface area contributed by atoms with Gasteiger partial charge in [-0.25, -0.2) is 9.97 Å². The first-order valence-corrected chi connectivity index (χ1v) is 5.52. The Morgan fingerprint density at radius 2 is 1.74 bits per heavy atom. The third-order valence-electron chi connectivity index (χ3n) is 2.63. The molecule has 1 aromatic carbocycles. The fourth-order valence-corrected chi connectivity index (χ4v) is 1.65. The highest BCUT2D eigenvalue weighted by Gasteiger charge is 2.30. The topological polar surface area (TPSA) is 46.0 Å². The molecule has 0 fully saturated rings. The summed E-state index contributed by atoms with van der Waals surface area (Å²) >= 11 is 0. The quantitative estimate of drug-likeness (QED) is 0.911. The molecule has 0 aliphatic carbocycles. The van der Waals surface area contributed by atoms with Gasteiger partial charge in [-0.2, -0.15) is 13.2 Å². The molecule has 3 nitrogen and oxygen atoms in total. The normalized spacial score (nSPS) is 13.3. The molecule has 0 radical (unpaired) electrons. The second-order valence-electron chi connectivity index (χ2n) is 4.05. The van der Waals surface area contributed by atoms with Gasteiger partial charge >= 0.3 is 6.18 Å². The van der Waals surface area contributed by atoms with Crippen LogP contribution in [-0.4, -0.2) is 15.1 Å². The predicted molar refractivity (Wildman–Crippen MR) is 62.3 cm³/mol. The largest absolute Gasteiger partial charge is 0.416 e. The van der Waals surface area contributed by atoms with E-state index in [9.17, 15) is 18.3 Å². The van der Waals surface area contributed by atoms with E-state index in [0.717, 1.165) is 12.1 Å². The van der Waals surface area contributed by atoms with Crippen LogP contribution in [0.2, 0.25) is 0 Å². The zero-order valence-electron chi connectivity index (χ0n) is 10.0. The Kier molecular flexibility index (Phi) is 3.53. The van der Waals surface area contributed by atoms with Gasteiger partial charge < -0.3 is 5.11 Å². The van der Waals surface area contributed by atoms with Gasteiger partial charge in [0.15, 0.2) is 0 Å². The number of aliphatic hydroxyl groups excluding tert-OH is 1. The van der Waals surface area contributed by atoms with Crippen molar-refractivity contribution in [2.45, 2.75) is 19.2 Å². The van der Waals surface area contributed by atoms with Gasteiger partial charge in [0.1, 0.15) is 11.9 Å². The minimum atomic E-state index is -4.38. The van der Waals surface area contributed by atoms with Crippen molar-refractivity contribution in [3.8, 4) is 0 Å². The van der Waals surface area contributed by atoms with Crippen LogP contribution in [0, 0.1) is 6.92 Å². The maximum atomic E-state index is 12.4. The minimum Gasteiger partial charge on any atom is -0.382 e. The number of hydrogen-bond acceptors (Lipinski definition) is 3. The molecule has 6 heteroatoms. The molecule has 0 bridgehead atoms. The number of alkyl halides is 3. The van der Waals surface area contributed by atoms with Crippen LogP contribution in [0.5, 0.6) is 0 Å². The molecule has 100 valence electrons. The van der Waals surface area contributed by atoms with Crippen molar-refractivity contribution >= 4 is 0 Å². The van der Waals surface area contributed by atoms with E-state index < -0.39 is 17.8 Å². The van der Waals surface area contributed by atoms with Crippen LogP contribution in [0.4, 0.5) is 13.2 Å². The van der Waals surface area contributed by atoms with E-state index in [1.165, 1.54) is 24.4 Å². The first-order valence-electron chi connectivity index (χ1n) is 5.52. The Labute approximate surface area is 107 Å². The molecular formula is C13H11F3N2O. The molecule has 1 aromatic heterocycles. The first-order chi connectivity index (χ1) is 8.88.